The first-order valence-electron chi connectivity index (χ1n) is 6.33. The van der Waals surface area contributed by atoms with Crippen LogP contribution in [0.3, 0.4) is 0 Å². The van der Waals surface area contributed by atoms with Gasteiger partial charge in [0.1, 0.15) is 6.54 Å². The van der Waals surface area contributed by atoms with Crippen LogP contribution in [0.5, 0.6) is 0 Å². The highest BCUT2D eigenvalue weighted by atomic mass is 16.1. The fourth-order valence-corrected chi connectivity index (χ4v) is 2.60. The Bertz CT molecular complexity index is 395. The summed E-state index contributed by atoms with van der Waals surface area (Å²) in [6, 6.07) is 8.66. The number of quaternary nitrogens is 1. The minimum Gasteiger partial charge on any atom is -0.369 e. The van der Waals surface area contributed by atoms with Crippen LogP contribution in [0.4, 0.5) is 0 Å². The number of hydrogen-bond acceptors (Lipinski definition) is 1. The first kappa shape index (κ1) is 12.1. The van der Waals surface area contributed by atoms with Gasteiger partial charge in [0.25, 0.3) is 0 Å². The minimum absolute atomic E-state index is 0.108. The molecule has 0 radical (unpaired) electrons. The van der Waals surface area contributed by atoms with Crippen LogP contribution in [0.15, 0.2) is 24.3 Å². The van der Waals surface area contributed by atoms with Crippen LogP contribution >= 0.6 is 0 Å². The molecule has 92 valence electrons. The molecule has 2 rings (SSSR count). The van der Waals surface area contributed by atoms with E-state index in [0.29, 0.717) is 0 Å². The van der Waals surface area contributed by atoms with Crippen molar-refractivity contribution in [2.75, 3.05) is 13.1 Å². The van der Waals surface area contributed by atoms with Crippen LogP contribution < -0.4 is 10.6 Å². The fraction of sp³-hybridized carbons (Fsp3) is 0.500. The SMILES string of the molecule is Cc1cccc(C[NH+]2CCC(C(N)=O)CC2)c1. The minimum atomic E-state index is -0.125. The van der Waals surface area contributed by atoms with Gasteiger partial charge in [0, 0.05) is 24.3 Å². The van der Waals surface area contributed by atoms with E-state index in [4.69, 9.17) is 5.73 Å². The molecule has 1 aromatic rings. The molecule has 1 aliphatic rings. The van der Waals surface area contributed by atoms with E-state index in [1.54, 1.807) is 4.90 Å². The highest BCUT2D eigenvalue weighted by Crippen LogP contribution is 2.09. The third-order valence-corrected chi connectivity index (χ3v) is 3.63. The molecule has 1 saturated heterocycles. The molecule has 1 amide bonds. The summed E-state index contributed by atoms with van der Waals surface area (Å²) in [6.45, 7) is 5.30. The Kier molecular flexibility index (Phi) is 3.79. The Morgan fingerprint density at radius 3 is 2.71 bits per heavy atom. The second-order valence-electron chi connectivity index (χ2n) is 5.09. The Morgan fingerprint density at radius 2 is 2.12 bits per heavy atom. The van der Waals surface area contributed by atoms with Gasteiger partial charge in [-0.3, -0.25) is 4.79 Å². The van der Waals surface area contributed by atoms with Gasteiger partial charge in [-0.1, -0.05) is 29.8 Å². The number of primary amides is 1. The molecule has 0 bridgehead atoms. The van der Waals surface area contributed by atoms with Gasteiger partial charge in [-0.25, -0.2) is 0 Å². The van der Waals surface area contributed by atoms with E-state index in [1.165, 1.54) is 11.1 Å². The predicted octanol–water partition coefficient (Wildman–Crippen LogP) is 0.275. The van der Waals surface area contributed by atoms with E-state index in [1.807, 2.05) is 0 Å². The molecule has 17 heavy (non-hydrogen) atoms. The molecule has 0 saturated carbocycles. The lowest BCUT2D eigenvalue weighted by atomic mass is 9.96. The van der Waals surface area contributed by atoms with E-state index in [-0.39, 0.29) is 11.8 Å². The standard InChI is InChI=1S/C14H20N2O/c1-11-3-2-4-12(9-11)10-16-7-5-13(6-8-16)14(15)17/h2-4,9,13H,5-8,10H2,1H3,(H2,15,17)/p+1. The number of benzene rings is 1. The first-order valence-corrected chi connectivity index (χ1v) is 6.33. The lowest BCUT2D eigenvalue weighted by molar-refractivity contribution is -0.919. The third-order valence-electron chi connectivity index (χ3n) is 3.63. The maximum atomic E-state index is 11.1. The number of hydrogen-bond donors (Lipinski definition) is 2. The zero-order valence-corrected chi connectivity index (χ0v) is 10.4. The van der Waals surface area contributed by atoms with Gasteiger partial charge in [-0.2, -0.15) is 0 Å². The summed E-state index contributed by atoms with van der Waals surface area (Å²) >= 11 is 0. The topological polar surface area (TPSA) is 47.5 Å². The summed E-state index contributed by atoms with van der Waals surface area (Å²) in [5, 5.41) is 0. The molecule has 0 unspecified atom stereocenters. The molecule has 0 atom stereocenters. The number of likely N-dealkylation sites (tertiary alicyclic amines) is 1. The Morgan fingerprint density at radius 1 is 1.41 bits per heavy atom. The van der Waals surface area contributed by atoms with Gasteiger partial charge < -0.3 is 10.6 Å². The molecule has 1 aliphatic heterocycles. The highest BCUT2D eigenvalue weighted by Gasteiger charge is 2.25. The Balaban J connectivity index is 1.88. The van der Waals surface area contributed by atoms with Crippen molar-refractivity contribution in [3.05, 3.63) is 35.4 Å². The van der Waals surface area contributed by atoms with Crippen molar-refractivity contribution in [1.82, 2.24) is 0 Å². The number of carbonyl (C=O) groups excluding carboxylic acids is 1. The second kappa shape index (κ2) is 5.32. The highest BCUT2D eigenvalue weighted by molar-refractivity contribution is 5.76. The van der Waals surface area contributed by atoms with E-state index in [9.17, 15) is 4.79 Å². The monoisotopic (exact) mass is 233 g/mol. The normalized spacial score (nSPS) is 24.5. The summed E-state index contributed by atoms with van der Waals surface area (Å²) in [5.74, 6) is -0.0177. The van der Waals surface area contributed by atoms with Crippen molar-refractivity contribution >= 4 is 5.91 Å². The lowest BCUT2D eigenvalue weighted by Crippen LogP contribution is -3.11. The van der Waals surface area contributed by atoms with Gasteiger partial charge in [-0.05, 0) is 6.92 Å². The average molecular weight is 233 g/mol. The van der Waals surface area contributed by atoms with Crippen molar-refractivity contribution in [1.29, 1.82) is 0 Å². The van der Waals surface area contributed by atoms with E-state index < -0.39 is 0 Å². The maximum Gasteiger partial charge on any atom is 0.220 e. The number of piperidine rings is 1. The van der Waals surface area contributed by atoms with Gasteiger partial charge in [0.05, 0.1) is 13.1 Å². The van der Waals surface area contributed by atoms with Crippen molar-refractivity contribution in [2.45, 2.75) is 26.3 Å². The van der Waals surface area contributed by atoms with Crippen LogP contribution in [0.2, 0.25) is 0 Å². The van der Waals surface area contributed by atoms with E-state index in [2.05, 4.69) is 31.2 Å². The molecule has 3 nitrogen and oxygen atoms in total. The zero-order chi connectivity index (χ0) is 12.3. The lowest BCUT2D eigenvalue weighted by Gasteiger charge is -2.27. The van der Waals surface area contributed by atoms with E-state index in [0.717, 1.165) is 32.5 Å². The second-order valence-corrected chi connectivity index (χ2v) is 5.09. The van der Waals surface area contributed by atoms with Crippen LogP contribution in [-0.2, 0) is 11.3 Å². The van der Waals surface area contributed by atoms with Crippen LogP contribution in [0, 0.1) is 12.8 Å². The molecule has 1 heterocycles. The number of rotatable bonds is 3. The van der Waals surface area contributed by atoms with Crippen molar-refractivity contribution < 1.29 is 9.69 Å². The largest absolute Gasteiger partial charge is 0.369 e. The van der Waals surface area contributed by atoms with E-state index >= 15 is 0 Å². The molecule has 0 aromatic heterocycles. The van der Waals surface area contributed by atoms with Crippen molar-refractivity contribution in [3.8, 4) is 0 Å². The van der Waals surface area contributed by atoms with Crippen molar-refractivity contribution in [2.24, 2.45) is 11.7 Å². The maximum absolute atomic E-state index is 11.1. The first-order chi connectivity index (χ1) is 8.15. The molecule has 0 aliphatic carbocycles. The molecule has 1 fully saturated rings. The quantitative estimate of drug-likeness (QED) is 0.774. The van der Waals surface area contributed by atoms with Gasteiger partial charge in [0.15, 0.2) is 0 Å². The van der Waals surface area contributed by atoms with Crippen LogP contribution in [-0.4, -0.2) is 19.0 Å². The van der Waals surface area contributed by atoms with Gasteiger partial charge >= 0.3 is 0 Å². The van der Waals surface area contributed by atoms with Crippen LogP contribution in [0.25, 0.3) is 0 Å². The van der Waals surface area contributed by atoms with Crippen LogP contribution in [0.1, 0.15) is 24.0 Å². The van der Waals surface area contributed by atoms with Gasteiger partial charge in [0.2, 0.25) is 5.91 Å². The number of nitrogens with one attached hydrogen (secondary N) is 1. The van der Waals surface area contributed by atoms with Crippen molar-refractivity contribution in [3.63, 3.8) is 0 Å². The van der Waals surface area contributed by atoms with Gasteiger partial charge in [-0.15, -0.1) is 0 Å². The molecular weight excluding hydrogens is 212 g/mol. The summed E-state index contributed by atoms with van der Waals surface area (Å²) in [6.07, 6.45) is 1.88. The zero-order valence-electron chi connectivity index (χ0n) is 10.4. The molecule has 1 aromatic carbocycles. The summed E-state index contributed by atoms with van der Waals surface area (Å²) in [7, 11) is 0. The molecule has 0 spiro atoms. The Hall–Kier alpha value is -1.35. The molecule has 3 N–H and O–H groups in total. The number of carbonyl (C=O) groups is 1. The summed E-state index contributed by atoms with van der Waals surface area (Å²) in [5.41, 5.74) is 8.04. The summed E-state index contributed by atoms with van der Waals surface area (Å²) in [4.78, 5) is 12.6. The average Bonchev–Trinajstić information content (AvgIpc) is 2.29. The molecule has 3 heteroatoms. The number of amides is 1. The predicted molar refractivity (Wildman–Crippen MR) is 67.5 cm³/mol. The number of nitrogens with two attached hydrogens (primary N) is 1. The fourth-order valence-electron chi connectivity index (χ4n) is 2.60. The smallest absolute Gasteiger partial charge is 0.220 e. The number of aryl methyl sites for hydroxylation is 1. The summed E-state index contributed by atoms with van der Waals surface area (Å²) < 4.78 is 0. The third kappa shape index (κ3) is 3.30. The molecular formula is C14H21N2O+. The Labute approximate surface area is 103 Å².